The Balaban J connectivity index is 1.80. The highest BCUT2D eigenvalue weighted by molar-refractivity contribution is 9.10. The Kier molecular flexibility index (Phi) is 4.65. The second-order valence-electron chi connectivity index (χ2n) is 5.20. The Morgan fingerprint density at radius 1 is 1.44 bits per heavy atom. The maximum atomic E-state index is 5.80. The molecule has 0 saturated heterocycles. The van der Waals surface area contributed by atoms with Crippen molar-refractivity contribution in [1.29, 1.82) is 0 Å². The lowest BCUT2D eigenvalue weighted by Crippen LogP contribution is -2.24. The molecular weight excluding hydrogens is 292 g/mol. The zero-order valence-corrected chi connectivity index (χ0v) is 12.4. The molecule has 1 saturated carbocycles. The fraction of sp³-hybridized carbons (Fsp3) is 0.571. The van der Waals surface area contributed by atoms with Crippen LogP contribution in [0.15, 0.2) is 22.7 Å². The van der Waals surface area contributed by atoms with Crippen LogP contribution in [0.2, 0.25) is 0 Å². The van der Waals surface area contributed by atoms with Crippen molar-refractivity contribution < 1.29 is 4.74 Å². The molecule has 18 heavy (non-hydrogen) atoms. The van der Waals surface area contributed by atoms with E-state index in [1.54, 1.807) is 7.11 Å². The van der Waals surface area contributed by atoms with Gasteiger partial charge < -0.3 is 15.8 Å². The van der Waals surface area contributed by atoms with Gasteiger partial charge in [-0.3, -0.25) is 0 Å². The molecule has 0 bridgehead atoms. The first-order chi connectivity index (χ1) is 8.65. The van der Waals surface area contributed by atoms with Crippen LogP contribution >= 0.6 is 15.9 Å². The number of halogens is 1. The predicted octanol–water partition coefficient (Wildman–Crippen LogP) is 2.94. The average Bonchev–Trinajstić information content (AvgIpc) is 3.12. The molecule has 0 spiro atoms. The molecule has 0 heterocycles. The lowest BCUT2D eigenvalue weighted by atomic mass is 10.0. The molecule has 3 nitrogen and oxygen atoms in total. The zero-order chi connectivity index (χ0) is 13.0. The van der Waals surface area contributed by atoms with Crippen LogP contribution in [0.1, 0.15) is 24.8 Å². The average molecular weight is 313 g/mol. The molecule has 4 heteroatoms. The monoisotopic (exact) mass is 312 g/mol. The Morgan fingerprint density at radius 3 is 2.89 bits per heavy atom. The van der Waals surface area contributed by atoms with E-state index in [2.05, 4.69) is 21.2 Å². The van der Waals surface area contributed by atoms with Gasteiger partial charge in [0.25, 0.3) is 0 Å². The summed E-state index contributed by atoms with van der Waals surface area (Å²) in [5.41, 5.74) is 8.32. The molecule has 0 radical (unpaired) electrons. The van der Waals surface area contributed by atoms with Crippen LogP contribution in [0.3, 0.4) is 0 Å². The van der Waals surface area contributed by atoms with Crippen LogP contribution in [0.25, 0.3) is 0 Å². The Morgan fingerprint density at radius 2 is 2.22 bits per heavy atom. The normalized spacial score (nSPS) is 16.8. The van der Waals surface area contributed by atoms with Gasteiger partial charge in [-0.05, 0) is 48.4 Å². The lowest BCUT2D eigenvalue weighted by Gasteiger charge is -2.16. The molecule has 3 N–H and O–H groups in total. The molecule has 2 rings (SSSR count). The van der Waals surface area contributed by atoms with Crippen LogP contribution in [0.4, 0.5) is 5.69 Å². The van der Waals surface area contributed by atoms with E-state index in [9.17, 15) is 0 Å². The van der Waals surface area contributed by atoms with Crippen molar-refractivity contribution >= 4 is 21.6 Å². The van der Waals surface area contributed by atoms with Crippen molar-refractivity contribution in [3.05, 3.63) is 28.2 Å². The maximum absolute atomic E-state index is 5.80. The number of nitrogens with one attached hydrogen (secondary N) is 1. The lowest BCUT2D eigenvalue weighted by molar-refractivity contribution is 0.171. The topological polar surface area (TPSA) is 47.3 Å². The van der Waals surface area contributed by atoms with Gasteiger partial charge in [-0.2, -0.15) is 0 Å². The summed E-state index contributed by atoms with van der Waals surface area (Å²) in [4.78, 5) is 0. The predicted molar refractivity (Wildman–Crippen MR) is 78.4 cm³/mol. The van der Waals surface area contributed by atoms with Gasteiger partial charge in [-0.25, -0.2) is 0 Å². The minimum atomic E-state index is 0.489. The van der Waals surface area contributed by atoms with E-state index in [0.29, 0.717) is 5.41 Å². The third kappa shape index (κ3) is 3.70. The molecule has 0 atom stereocenters. The summed E-state index contributed by atoms with van der Waals surface area (Å²) in [7, 11) is 1.77. The second-order valence-corrected chi connectivity index (χ2v) is 6.05. The highest BCUT2D eigenvalue weighted by Gasteiger charge is 2.41. The SMILES string of the molecule is COCCC1(CNCc2cc(N)ccc2Br)CC1. The van der Waals surface area contributed by atoms with Crippen LogP contribution in [-0.4, -0.2) is 20.3 Å². The molecule has 1 aliphatic carbocycles. The van der Waals surface area contributed by atoms with Gasteiger partial charge in [-0.15, -0.1) is 0 Å². The van der Waals surface area contributed by atoms with Gasteiger partial charge in [-0.1, -0.05) is 15.9 Å². The molecule has 1 aliphatic rings. The number of nitrogens with two attached hydrogens (primary N) is 1. The molecule has 0 aliphatic heterocycles. The Hall–Kier alpha value is -0.580. The first-order valence-electron chi connectivity index (χ1n) is 6.39. The zero-order valence-electron chi connectivity index (χ0n) is 10.8. The standard InChI is InChI=1S/C14H21BrN2O/c1-18-7-6-14(4-5-14)10-17-9-11-8-12(16)2-3-13(11)15/h2-3,8,17H,4-7,9-10,16H2,1H3. The van der Waals surface area contributed by atoms with Crippen molar-refractivity contribution in [1.82, 2.24) is 5.32 Å². The third-order valence-corrected chi connectivity index (χ3v) is 4.45. The van der Waals surface area contributed by atoms with E-state index in [1.807, 2.05) is 18.2 Å². The van der Waals surface area contributed by atoms with Gasteiger partial charge in [0.1, 0.15) is 0 Å². The number of ether oxygens (including phenoxy) is 1. The molecule has 0 amide bonds. The summed E-state index contributed by atoms with van der Waals surface area (Å²) < 4.78 is 6.28. The van der Waals surface area contributed by atoms with Gasteiger partial charge >= 0.3 is 0 Å². The van der Waals surface area contributed by atoms with Gasteiger partial charge in [0.15, 0.2) is 0 Å². The summed E-state index contributed by atoms with van der Waals surface area (Å²) in [6, 6.07) is 5.94. The molecular formula is C14H21BrN2O. The van der Waals surface area contributed by atoms with Crippen molar-refractivity contribution in [2.24, 2.45) is 5.41 Å². The van der Waals surface area contributed by atoms with Crippen LogP contribution in [0.5, 0.6) is 0 Å². The molecule has 1 aromatic carbocycles. The van der Waals surface area contributed by atoms with Crippen molar-refractivity contribution in [3.8, 4) is 0 Å². The summed E-state index contributed by atoms with van der Waals surface area (Å²) in [6.07, 6.45) is 3.80. The van der Waals surface area contributed by atoms with E-state index < -0.39 is 0 Å². The van der Waals surface area contributed by atoms with E-state index in [1.165, 1.54) is 18.4 Å². The molecule has 1 fully saturated rings. The smallest absolute Gasteiger partial charge is 0.0468 e. The van der Waals surface area contributed by atoms with Crippen molar-refractivity contribution in [3.63, 3.8) is 0 Å². The molecule has 1 aromatic rings. The number of hydrogen-bond acceptors (Lipinski definition) is 3. The Bertz CT molecular complexity index is 405. The maximum Gasteiger partial charge on any atom is 0.0468 e. The van der Waals surface area contributed by atoms with Crippen LogP contribution in [0, 0.1) is 5.41 Å². The number of benzene rings is 1. The third-order valence-electron chi connectivity index (χ3n) is 3.68. The van der Waals surface area contributed by atoms with E-state index in [0.717, 1.165) is 36.3 Å². The molecule has 100 valence electrons. The quantitative estimate of drug-likeness (QED) is 0.761. The van der Waals surface area contributed by atoms with Crippen LogP contribution < -0.4 is 11.1 Å². The highest BCUT2D eigenvalue weighted by Crippen LogP contribution is 2.48. The number of nitrogen functional groups attached to an aromatic ring is 1. The van der Waals surface area contributed by atoms with E-state index in [-0.39, 0.29) is 0 Å². The first-order valence-corrected chi connectivity index (χ1v) is 7.18. The molecule has 0 unspecified atom stereocenters. The number of rotatable bonds is 7. The number of hydrogen-bond donors (Lipinski definition) is 2. The molecule has 0 aromatic heterocycles. The number of methoxy groups -OCH3 is 1. The fourth-order valence-electron chi connectivity index (χ4n) is 2.20. The Labute approximate surface area is 117 Å². The largest absolute Gasteiger partial charge is 0.399 e. The minimum absolute atomic E-state index is 0.489. The highest BCUT2D eigenvalue weighted by atomic mass is 79.9. The van der Waals surface area contributed by atoms with E-state index in [4.69, 9.17) is 10.5 Å². The van der Waals surface area contributed by atoms with Gasteiger partial charge in [0.2, 0.25) is 0 Å². The van der Waals surface area contributed by atoms with Crippen molar-refractivity contribution in [2.45, 2.75) is 25.8 Å². The summed E-state index contributed by atoms with van der Waals surface area (Å²) in [6.45, 7) is 2.79. The summed E-state index contributed by atoms with van der Waals surface area (Å²) in [5.74, 6) is 0. The van der Waals surface area contributed by atoms with Crippen molar-refractivity contribution in [2.75, 3.05) is 26.0 Å². The van der Waals surface area contributed by atoms with Gasteiger partial charge in [0, 0.05) is 37.0 Å². The summed E-state index contributed by atoms with van der Waals surface area (Å²) in [5, 5.41) is 3.54. The second kappa shape index (κ2) is 6.04. The first kappa shape index (κ1) is 13.8. The van der Waals surface area contributed by atoms with Crippen LogP contribution in [-0.2, 0) is 11.3 Å². The van der Waals surface area contributed by atoms with Gasteiger partial charge in [0.05, 0.1) is 0 Å². The summed E-state index contributed by atoms with van der Waals surface area (Å²) >= 11 is 3.55. The minimum Gasteiger partial charge on any atom is -0.399 e. The van der Waals surface area contributed by atoms with E-state index >= 15 is 0 Å². The fourth-order valence-corrected chi connectivity index (χ4v) is 2.59. The number of anilines is 1.